The summed E-state index contributed by atoms with van der Waals surface area (Å²) in [4.78, 5) is 26.6. The van der Waals surface area contributed by atoms with E-state index in [9.17, 15) is 4.79 Å². The van der Waals surface area contributed by atoms with Crippen LogP contribution in [-0.2, 0) is 11.2 Å². The van der Waals surface area contributed by atoms with E-state index in [1.807, 2.05) is 4.90 Å². The standard InChI is InChI=1S/C21H29N5O/c1-4-18(27)26-11-16(7-8-17(26)13(2)3)25-21-19-15(9-14-5-6-14)10-22-20(19)23-12-24-21/h4,10,12-14,16-17H,1,5-9,11H2,2-3H3,(H2,22,23,24,25)/t16-,17-/m1/s1. The van der Waals surface area contributed by atoms with Crippen LogP contribution < -0.4 is 5.32 Å². The lowest BCUT2D eigenvalue weighted by molar-refractivity contribution is -0.130. The first-order chi connectivity index (χ1) is 13.1. The zero-order valence-electron chi connectivity index (χ0n) is 16.2. The summed E-state index contributed by atoms with van der Waals surface area (Å²) in [6, 6.07) is 0.460. The number of aromatic amines is 1. The predicted molar refractivity (Wildman–Crippen MR) is 107 cm³/mol. The molecule has 0 bridgehead atoms. The molecule has 1 saturated heterocycles. The van der Waals surface area contributed by atoms with E-state index in [1.54, 1.807) is 6.33 Å². The Morgan fingerprint density at radius 1 is 1.37 bits per heavy atom. The molecule has 6 nitrogen and oxygen atoms in total. The van der Waals surface area contributed by atoms with Gasteiger partial charge in [-0.25, -0.2) is 9.97 Å². The number of nitrogens with one attached hydrogen (secondary N) is 2. The van der Waals surface area contributed by atoms with Gasteiger partial charge in [-0.05, 0) is 55.6 Å². The van der Waals surface area contributed by atoms with Crippen molar-refractivity contribution < 1.29 is 4.79 Å². The average molecular weight is 367 g/mol. The van der Waals surface area contributed by atoms with Crippen molar-refractivity contribution in [2.24, 2.45) is 11.8 Å². The number of hydrogen-bond donors (Lipinski definition) is 2. The summed E-state index contributed by atoms with van der Waals surface area (Å²) >= 11 is 0. The molecule has 1 aliphatic heterocycles. The van der Waals surface area contributed by atoms with E-state index in [0.29, 0.717) is 12.5 Å². The largest absolute Gasteiger partial charge is 0.365 e. The fourth-order valence-electron chi connectivity index (χ4n) is 4.30. The van der Waals surface area contributed by atoms with Gasteiger partial charge in [0.2, 0.25) is 5.91 Å². The lowest BCUT2D eigenvalue weighted by Gasteiger charge is -2.41. The average Bonchev–Trinajstić information content (AvgIpc) is 3.39. The molecule has 2 fully saturated rings. The molecular weight excluding hydrogens is 338 g/mol. The number of fused-ring (bicyclic) bond motifs is 1. The van der Waals surface area contributed by atoms with Crippen LogP contribution in [0.15, 0.2) is 25.2 Å². The highest BCUT2D eigenvalue weighted by Crippen LogP contribution is 2.36. The van der Waals surface area contributed by atoms with Gasteiger partial charge in [0.05, 0.1) is 5.39 Å². The molecule has 27 heavy (non-hydrogen) atoms. The second-order valence-electron chi connectivity index (χ2n) is 8.33. The third-order valence-corrected chi connectivity index (χ3v) is 5.95. The number of carbonyl (C=O) groups excluding carboxylic acids is 1. The van der Waals surface area contributed by atoms with Crippen LogP contribution in [0.25, 0.3) is 11.0 Å². The highest BCUT2D eigenvalue weighted by atomic mass is 16.2. The van der Waals surface area contributed by atoms with Crippen LogP contribution in [0, 0.1) is 11.8 Å². The molecule has 0 unspecified atom stereocenters. The number of nitrogens with zero attached hydrogens (tertiary/aromatic N) is 3. The van der Waals surface area contributed by atoms with Crippen LogP contribution in [0.2, 0.25) is 0 Å². The second kappa shape index (κ2) is 7.33. The molecule has 144 valence electrons. The fraction of sp³-hybridized carbons (Fsp3) is 0.571. The van der Waals surface area contributed by atoms with Crippen molar-refractivity contribution in [3.63, 3.8) is 0 Å². The molecule has 2 aromatic rings. The summed E-state index contributed by atoms with van der Waals surface area (Å²) in [5, 5.41) is 4.72. The molecular formula is C21H29N5O. The SMILES string of the molecule is C=CC(=O)N1C[C@H](Nc2ncnc3[nH]cc(CC4CC4)c23)CC[C@@H]1C(C)C. The number of H-pyrrole nitrogens is 1. The maximum Gasteiger partial charge on any atom is 0.246 e. The summed E-state index contributed by atoms with van der Waals surface area (Å²) in [5.41, 5.74) is 2.18. The maximum atomic E-state index is 12.4. The van der Waals surface area contributed by atoms with Gasteiger partial charge in [-0.3, -0.25) is 4.79 Å². The van der Waals surface area contributed by atoms with Crippen molar-refractivity contribution in [3.8, 4) is 0 Å². The van der Waals surface area contributed by atoms with Gasteiger partial charge < -0.3 is 15.2 Å². The first kappa shape index (κ1) is 18.0. The molecule has 2 N–H and O–H groups in total. The molecule has 0 spiro atoms. The molecule has 1 aliphatic carbocycles. The summed E-state index contributed by atoms with van der Waals surface area (Å²) in [5.74, 6) is 2.15. The molecule has 2 atom stereocenters. The Labute approximate surface area is 160 Å². The van der Waals surface area contributed by atoms with Gasteiger partial charge in [0.1, 0.15) is 17.8 Å². The van der Waals surface area contributed by atoms with Crippen molar-refractivity contribution in [1.82, 2.24) is 19.9 Å². The van der Waals surface area contributed by atoms with Crippen molar-refractivity contribution in [2.45, 2.75) is 58.0 Å². The van der Waals surface area contributed by atoms with Crippen LogP contribution in [-0.4, -0.2) is 44.4 Å². The van der Waals surface area contributed by atoms with E-state index in [2.05, 4.69) is 46.9 Å². The number of carbonyl (C=O) groups is 1. The maximum absolute atomic E-state index is 12.4. The zero-order valence-corrected chi connectivity index (χ0v) is 16.2. The highest BCUT2D eigenvalue weighted by Gasteiger charge is 2.33. The van der Waals surface area contributed by atoms with E-state index in [4.69, 9.17) is 0 Å². The first-order valence-electron chi connectivity index (χ1n) is 10.1. The van der Waals surface area contributed by atoms with E-state index in [0.717, 1.165) is 42.0 Å². The van der Waals surface area contributed by atoms with Crippen LogP contribution in [0.1, 0.15) is 45.1 Å². The van der Waals surface area contributed by atoms with Gasteiger partial charge in [-0.1, -0.05) is 20.4 Å². The Morgan fingerprint density at radius 3 is 2.89 bits per heavy atom. The number of amides is 1. The van der Waals surface area contributed by atoms with Gasteiger partial charge >= 0.3 is 0 Å². The molecule has 1 amide bonds. The first-order valence-corrected chi connectivity index (χ1v) is 10.1. The smallest absolute Gasteiger partial charge is 0.246 e. The molecule has 0 radical (unpaired) electrons. The van der Waals surface area contributed by atoms with Crippen molar-refractivity contribution in [3.05, 3.63) is 30.7 Å². The van der Waals surface area contributed by atoms with Gasteiger partial charge in [0, 0.05) is 24.8 Å². The minimum Gasteiger partial charge on any atom is -0.365 e. The Balaban J connectivity index is 1.56. The molecule has 3 heterocycles. The Kier molecular flexibility index (Phi) is 4.89. The summed E-state index contributed by atoms with van der Waals surface area (Å²) in [6.45, 7) is 8.72. The van der Waals surface area contributed by atoms with Crippen LogP contribution >= 0.6 is 0 Å². The Bertz CT molecular complexity index is 838. The van der Waals surface area contributed by atoms with Crippen molar-refractivity contribution in [1.29, 1.82) is 0 Å². The van der Waals surface area contributed by atoms with Crippen LogP contribution in [0.3, 0.4) is 0 Å². The molecule has 6 heteroatoms. The molecule has 2 aliphatic rings. The highest BCUT2D eigenvalue weighted by molar-refractivity contribution is 5.90. The molecule has 4 rings (SSSR count). The van der Waals surface area contributed by atoms with Gasteiger partial charge in [0.15, 0.2) is 0 Å². The third-order valence-electron chi connectivity index (χ3n) is 5.95. The van der Waals surface area contributed by atoms with E-state index >= 15 is 0 Å². The monoisotopic (exact) mass is 367 g/mol. The number of likely N-dealkylation sites (tertiary alicyclic amines) is 1. The van der Waals surface area contributed by atoms with Gasteiger partial charge in [-0.2, -0.15) is 0 Å². The lowest BCUT2D eigenvalue weighted by atomic mass is 9.90. The second-order valence-corrected chi connectivity index (χ2v) is 8.33. The Hall–Kier alpha value is -2.37. The molecule has 1 saturated carbocycles. The fourth-order valence-corrected chi connectivity index (χ4v) is 4.30. The summed E-state index contributed by atoms with van der Waals surface area (Å²) in [6.07, 6.45) is 10.9. The summed E-state index contributed by atoms with van der Waals surface area (Å²) in [7, 11) is 0. The quantitative estimate of drug-likeness (QED) is 0.766. The minimum absolute atomic E-state index is 0.0177. The number of hydrogen-bond acceptors (Lipinski definition) is 4. The number of piperidine rings is 1. The zero-order chi connectivity index (χ0) is 19.0. The minimum atomic E-state index is 0.0177. The van der Waals surface area contributed by atoms with Crippen molar-refractivity contribution >= 4 is 22.8 Å². The molecule has 0 aromatic carbocycles. The van der Waals surface area contributed by atoms with Crippen LogP contribution in [0.4, 0.5) is 5.82 Å². The summed E-state index contributed by atoms with van der Waals surface area (Å²) < 4.78 is 0. The predicted octanol–water partition coefficient (Wildman–Crippen LogP) is 3.52. The third kappa shape index (κ3) is 3.70. The number of anilines is 1. The normalized spacial score (nSPS) is 23.0. The van der Waals surface area contributed by atoms with Crippen molar-refractivity contribution in [2.75, 3.05) is 11.9 Å². The van der Waals surface area contributed by atoms with E-state index in [1.165, 1.54) is 24.5 Å². The van der Waals surface area contributed by atoms with E-state index in [-0.39, 0.29) is 18.0 Å². The molecule has 2 aromatic heterocycles. The Morgan fingerprint density at radius 2 is 2.19 bits per heavy atom. The number of rotatable bonds is 6. The number of aromatic nitrogens is 3. The van der Waals surface area contributed by atoms with Crippen LogP contribution in [0.5, 0.6) is 0 Å². The van der Waals surface area contributed by atoms with Gasteiger partial charge in [0.25, 0.3) is 0 Å². The van der Waals surface area contributed by atoms with Gasteiger partial charge in [-0.15, -0.1) is 0 Å². The topological polar surface area (TPSA) is 73.9 Å². The van der Waals surface area contributed by atoms with E-state index < -0.39 is 0 Å². The lowest BCUT2D eigenvalue weighted by Crippen LogP contribution is -2.52.